The predicted octanol–water partition coefficient (Wildman–Crippen LogP) is 3.11. The zero-order chi connectivity index (χ0) is 15.1. The van der Waals surface area contributed by atoms with Gasteiger partial charge in [0.05, 0.1) is 11.4 Å². The Kier molecular flexibility index (Phi) is 6.22. The van der Waals surface area contributed by atoms with Crippen LogP contribution >= 0.6 is 23.1 Å². The molecule has 2 rings (SSSR count). The second-order valence-corrected chi connectivity index (χ2v) is 6.64. The third kappa shape index (κ3) is 5.15. The highest BCUT2D eigenvalue weighted by Gasteiger charge is 2.09. The van der Waals surface area contributed by atoms with Crippen LogP contribution in [0, 0.1) is 5.92 Å². The Hall–Kier alpha value is -1.37. The van der Waals surface area contributed by atoms with Gasteiger partial charge in [-0.2, -0.15) is 11.8 Å². The van der Waals surface area contributed by atoms with Crippen LogP contribution in [0.25, 0.3) is 11.3 Å². The van der Waals surface area contributed by atoms with Crippen LogP contribution in [0.1, 0.15) is 6.92 Å². The largest absolute Gasteiger partial charge is 0.396 e. The summed E-state index contributed by atoms with van der Waals surface area (Å²) in [6.45, 7) is 2.11. The normalized spacial score (nSPS) is 12.1. The Morgan fingerprint density at radius 2 is 2.19 bits per heavy atom. The first-order chi connectivity index (χ1) is 10.2. The van der Waals surface area contributed by atoms with Gasteiger partial charge >= 0.3 is 0 Å². The number of hydrogen-bond donors (Lipinski definition) is 2. The lowest BCUT2D eigenvalue weighted by molar-refractivity contribution is -0.113. The molecule has 1 atom stereocenters. The summed E-state index contributed by atoms with van der Waals surface area (Å²) in [5.41, 5.74) is 1.91. The van der Waals surface area contributed by atoms with Crippen molar-refractivity contribution >= 4 is 34.1 Å². The molecule has 6 heteroatoms. The molecular formula is C15H18N2O2S2. The maximum atomic E-state index is 11.8. The number of anilines is 1. The average Bonchev–Trinajstić information content (AvgIpc) is 2.96. The highest BCUT2D eigenvalue weighted by atomic mass is 32.2. The fourth-order valence-corrected chi connectivity index (χ4v) is 3.25. The van der Waals surface area contributed by atoms with Crippen LogP contribution < -0.4 is 5.32 Å². The van der Waals surface area contributed by atoms with E-state index in [1.807, 2.05) is 42.6 Å². The maximum absolute atomic E-state index is 11.8. The zero-order valence-corrected chi connectivity index (χ0v) is 13.4. The van der Waals surface area contributed by atoms with Crippen molar-refractivity contribution in [1.82, 2.24) is 4.98 Å². The van der Waals surface area contributed by atoms with E-state index in [1.165, 1.54) is 23.1 Å². The Morgan fingerprint density at radius 1 is 1.43 bits per heavy atom. The van der Waals surface area contributed by atoms with Crippen LogP contribution in [-0.4, -0.2) is 34.1 Å². The number of carbonyl (C=O) groups is 1. The van der Waals surface area contributed by atoms with E-state index in [0.29, 0.717) is 10.9 Å². The Balaban J connectivity index is 1.84. The standard InChI is InChI=1S/C15H18N2O2S2/c1-11(7-18)8-20-10-14(19)17-15-16-13(9-21-15)12-5-3-2-4-6-12/h2-6,9,11,18H,7-8,10H2,1H3,(H,16,17,19). The molecule has 0 bridgehead atoms. The molecule has 1 amide bonds. The van der Waals surface area contributed by atoms with Gasteiger partial charge in [0.1, 0.15) is 0 Å². The minimum Gasteiger partial charge on any atom is -0.396 e. The van der Waals surface area contributed by atoms with Crippen molar-refractivity contribution in [2.75, 3.05) is 23.4 Å². The number of nitrogens with one attached hydrogen (secondary N) is 1. The molecule has 0 spiro atoms. The van der Waals surface area contributed by atoms with Gasteiger partial charge in [-0.05, 0) is 11.7 Å². The van der Waals surface area contributed by atoms with Crippen LogP contribution in [0.2, 0.25) is 0 Å². The Bertz CT molecular complexity index is 572. The number of aromatic nitrogens is 1. The van der Waals surface area contributed by atoms with Gasteiger partial charge in [0, 0.05) is 17.6 Å². The van der Waals surface area contributed by atoms with Crippen LogP contribution in [0.5, 0.6) is 0 Å². The molecule has 0 fully saturated rings. The van der Waals surface area contributed by atoms with E-state index in [0.717, 1.165) is 17.0 Å². The number of amides is 1. The van der Waals surface area contributed by atoms with Gasteiger partial charge in [0.25, 0.3) is 0 Å². The number of thiazole rings is 1. The number of aliphatic hydroxyl groups is 1. The van der Waals surface area contributed by atoms with E-state index < -0.39 is 0 Å². The molecule has 21 heavy (non-hydrogen) atoms. The summed E-state index contributed by atoms with van der Waals surface area (Å²) >= 11 is 2.95. The smallest absolute Gasteiger partial charge is 0.236 e. The molecule has 2 N–H and O–H groups in total. The highest BCUT2D eigenvalue weighted by molar-refractivity contribution is 7.99. The number of hydrogen-bond acceptors (Lipinski definition) is 5. The van der Waals surface area contributed by atoms with Crippen LogP contribution in [-0.2, 0) is 4.79 Å². The molecule has 4 nitrogen and oxygen atoms in total. The van der Waals surface area contributed by atoms with Gasteiger partial charge in [0.2, 0.25) is 5.91 Å². The molecule has 0 saturated heterocycles. The maximum Gasteiger partial charge on any atom is 0.236 e. The van der Waals surface area contributed by atoms with Gasteiger partial charge in [0.15, 0.2) is 5.13 Å². The molecule has 1 heterocycles. The Labute approximate surface area is 132 Å². The zero-order valence-electron chi connectivity index (χ0n) is 11.8. The third-order valence-electron chi connectivity index (χ3n) is 2.77. The average molecular weight is 322 g/mol. The van der Waals surface area contributed by atoms with E-state index in [4.69, 9.17) is 5.11 Å². The number of benzene rings is 1. The lowest BCUT2D eigenvalue weighted by atomic mass is 10.2. The third-order valence-corrected chi connectivity index (χ3v) is 4.80. The predicted molar refractivity (Wildman–Crippen MR) is 89.8 cm³/mol. The van der Waals surface area contributed by atoms with Gasteiger partial charge < -0.3 is 10.4 Å². The van der Waals surface area contributed by atoms with Crippen molar-refractivity contribution in [3.8, 4) is 11.3 Å². The molecule has 1 aromatic carbocycles. The van der Waals surface area contributed by atoms with Crippen molar-refractivity contribution in [2.45, 2.75) is 6.92 Å². The molecule has 0 saturated carbocycles. The van der Waals surface area contributed by atoms with Crippen molar-refractivity contribution < 1.29 is 9.90 Å². The fourth-order valence-electron chi connectivity index (χ4n) is 1.63. The summed E-state index contributed by atoms with van der Waals surface area (Å²) in [5.74, 6) is 1.31. The summed E-state index contributed by atoms with van der Waals surface area (Å²) in [5, 5.41) is 14.3. The topological polar surface area (TPSA) is 62.2 Å². The van der Waals surface area contributed by atoms with E-state index >= 15 is 0 Å². The summed E-state index contributed by atoms with van der Waals surface area (Å²) in [6, 6.07) is 9.88. The highest BCUT2D eigenvalue weighted by Crippen LogP contribution is 2.24. The lowest BCUT2D eigenvalue weighted by Crippen LogP contribution is -2.15. The molecule has 0 radical (unpaired) electrons. The first-order valence-electron chi connectivity index (χ1n) is 6.68. The van der Waals surface area contributed by atoms with E-state index in [9.17, 15) is 4.79 Å². The van der Waals surface area contributed by atoms with E-state index in [2.05, 4.69) is 10.3 Å². The molecular weight excluding hydrogens is 304 g/mol. The molecule has 0 aliphatic heterocycles. The number of thioether (sulfide) groups is 1. The summed E-state index contributed by atoms with van der Waals surface area (Å²) in [7, 11) is 0. The second-order valence-electron chi connectivity index (χ2n) is 4.75. The first kappa shape index (κ1) is 16.0. The quantitative estimate of drug-likeness (QED) is 0.822. The molecule has 1 aromatic heterocycles. The minimum atomic E-state index is -0.0564. The molecule has 2 aromatic rings. The van der Waals surface area contributed by atoms with Crippen molar-refractivity contribution in [2.24, 2.45) is 5.92 Å². The van der Waals surface area contributed by atoms with Crippen molar-refractivity contribution in [3.05, 3.63) is 35.7 Å². The SMILES string of the molecule is CC(CO)CSCC(=O)Nc1nc(-c2ccccc2)cs1. The number of rotatable bonds is 7. The summed E-state index contributed by atoms with van der Waals surface area (Å²) in [4.78, 5) is 16.2. The summed E-state index contributed by atoms with van der Waals surface area (Å²) in [6.07, 6.45) is 0. The monoisotopic (exact) mass is 322 g/mol. The van der Waals surface area contributed by atoms with Gasteiger partial charge in [-0.3, -0.25) is 4.79 Å². The van der Waals surface area contributed by atoms with E-state index in [-0.39, 0.29) is 18.4 Å². The molecule has 0 aliphatic rings. The van der Waals surface area contributed by atoms with Crippen LogP contribution in [0.3, 0.4) is 0 Å². The molecule has 1 unspecified atom stereocenters. The van der Waals surface area contributed by atoms with Crippen LogP contribution in [0.15, 0.2) is 35.7 Å². The van der Waals surface area contributed by atoms with E-state index in [1.54, 1.807) is 0 Å². The molecule has 112 valence electrons. The van der Waals surface area contributed by atoms with Gasteiger partial charge in [-0.1, -0.05) is 37.3 Å². The second kappa shape index (κ2) is 8.17. The number of nitrogens with zero attached hydrogens (tertiary/aromatic N) is 1. The van der Waals surface area contributed by atoms with Crippen molar-refractivity contribution in [3.63, 3.8) is 0 Å². The van der Waals surface area contributed by atoms with Gasteiger partial charge in [-0.25, -0.2) is 4.98 Å². The number of carbonyl (C=O) groups excluding carboxylic acids is 1. The van der Waals surface area contributed by atoms with Crippen LogP contribution in [0.4, 0.5) is 5.13 Å². The summed E-state index contributed by atoms with van der Waals surface area (Å²) < 4.78 is 0. The number of aliphatic hydroxyl groups excluding tert-OH is 1. The fraction of sp³-hybridized carbons (Fsp3) is 0.333. The minimum absolute atomic E-state index is 0.0564. The lowest BCUT2D eigenvalue weighted by Gasteiger charge is -2.06. The Morgan fingerprint density at radius 3 is 2.90 bits per heavy atom. The van der Waals surface area contributed by atoms with Gasteiger partial charge in [-0.15, -0.1) is 11.3 Å². The molecule has 0 aliphatic carbocycles. The first-order valence-corrected chi connectivity index (χ1v) is 8.72. The van der Waals surface area contributed by atoms with Crippen molar-refractivity contribution in [1.29, 1.82) is 0 Å².